The van der Waals surface area contributed by atoms with E-state index in [0.717, 1.165) is 5.52 Å². The lowest BCUT2D eigenvalue weighted by molar-refractivity contribution is -0.121. The van der Waals surface area contributed by atoms with Crippen molar-refractivity contribution in [2.75, 3.05) is 13.1 Å². The average Bonchev–Trinajstić information content (AvgIpc) is 2.86. The van der Waals surface area contributed by atoms with Crippen molar-refractivity contribution < 1.29 is 18.7 Å². The Bertz CT molecular complexity index is 816. The summed E-state index contributed by atoms with van der Waals surface area (Å²) < 4.78 is 11.8. The van der Waals surface area contributed by atoms with Gasteiger partial charge in [0.2, 0.25) is 5.91 Å². The molecule has 2 N–H and O–H groups in total. The lowest BCUT2D eigenvalue weighted by atomic mass is 10.2. The molecule has 8 heteroatoms. The number of nitrogens with zero attached hydrogens (tertiary/aromatic N) is 1. The van der Waals surface area contributed by atoms with Gasteiger partial charge in [0, 0.05) is 26.1 Å². The van der Waals surface area contributed by atoms with Gasteiger partial charge in [-0.25, -0.2) is 9.59 Å². The zero-order chi connectivity index (χ0) is 19.2. The number of oxazole rings is 1. The molecule has 2 aromatic rings. The van der Waals surface area contributed by atoms with E-state index in [1.54, 1.807) is 32.9 Å². The SMILES string of the molecule is CC(C)(C)OC(=O)NCCNC(=O)CCCn1c(=O)oc2ccccc21. The zero-order valence-electron chi connectivity index (χ0n) is 15.3. The summed E-state index contributed by atoms with van der Waals surface area (Å²) in [6, 6.07) is 7.17. The zero-order valence-corrected chi connectivity index (χ0v) is 15.3. The normalized spacial score (nSPS) is 11.3. The van der Waals surface area contributed by atoms with Gasteiger partial charge in [-0.2, -0.15) is 0 Å². The fourth-order valence-corrected chi connectivity index (χ4v) is 2.39. The number of nitrogens with one attached hydrogen (secondary N) is 2. The Balaban J connectivity index is 1.67. The number of aromatic nitrogens is 1. The Kier molecular flexibility index (Phi) is 6.43. The number of carbonyl (C=O) groups is 2. The maximum absolute atomic E-state index is 11.8. The monoisotopic (exact) mass is 363 g/mol. The summed E-state index contributed by atoms with van der Waals surface area (Å²) in [5.74, 6) is -0.565. The molecule has 0 unspecified atom stereocenters. The first-order valence-corrected chi connectivity index (χ1v) is 8.58. The molecule has 0 saturated heterocycles. The largest absolute Gasteiger partial charge is 0.444 e. The molecule has 0 atom stereocenters. The van der Waals surface area contributed by atoms with E-state index >= 15 is 0 Å². The van der Waals surface area contributed by atoms with Crippen LogP contribution < -0.4 is 16.4 Å². The topological polar surface area (TPSA) is 103 Å². The van der Waals surface area contributed by atoms with E-state index in [1.165, 1.54) is 4.57 Å². The van der Waals surface area contributed by atoms with Crippen LogP contribution in [-0.4, -0.2) is 35.3 Å². The number of carbonyl (C=O) groups excluding carboxylic acids is 2. The quantitative estimate of drug-likeness (QED) is 0.733. The van der Waals surface area contributed by atoms with Gasteiger partial charge in [-0.05, 0) is 39.3 Å². The highest BCUT2D eigenvalue weighted by Crippen LogP contribution is 2.12. The Morgan fingerprint density at radius 1 is 1.15 bits per heavy atom. The molecule has 0 aliphatic carbocycles. The Morgan fingerprint density at radius 2 is 1.85 bits per heavy atom. The van der Waals surface area contributed by atoms with Crippen LogP contribution in [0.2, 0.25) is 0 Å². The second-order valence-electron chi connectivity index (χ2n) is 6.87. The minimum atomic E-state index is -0.553. The minimum Gasteiger partial charge on any atom is -0.444 e. The van der Waals surface area contributed by atoms with Crippen molar-refractivity contribution in [3.8, 4) is 0 Å². The molecule has 142 valence electrons. The fraction of sp³-hybridized carbons (Fsp3) is 0.500. The summed E-state index contributed by atoms with van der Waals surface area (Å²) in [7, 11) is 0. The van der Waals surface area contributed by atoms with Crippen molar-refractivity contribution in [3.63, 3.8) is 0 Å². The number of fused-ring (bicyclic) bond motifs is 1. The van der Waals surface area contributed by atoms with Crippen molar-refractivity contribution >= 4 is 23.1 Å². The molecule has 0 saturated carbocycles. The Morgan fingerprint density at radius 3 is 2.58 bits per heavy atom. The third-order valence-corrected chi connectivity index (χ3v) is 3.47. The summed E-state index contributed by atoms with van der Waals surface area (Å²) in [6.45, 7) is 6.34. The highest BCUT2D eigenvalue weighted by Gasteiger charge is 2.15. The number of para-hydroxylation sites is 2. The molecule has 0 fully saturated rings. The number of benzene rings is 1. The molecule has 2 amide bonds. The second-order valence-corrected chi connectivity index (χ2v) is 6.87. The Hall–Kier alpha value is -2.77. The number of amides is 2. The molecule has 0 aliphatic rings. The standard InChI is InChI=1S/C18H25N3O5/c1-18(2,3)26-16(23)20-11-10-19-15(22)9-6-12-21-13-7-4-5-8-14(13)25-17(21)24/h4-5,7-8H,6,9-12H2,1-3H3,(H,19,22)(H,20,23). The van der Waals surface area contributed by atoms with Crippen molar-refractivity contribution in [3.05, 3.63) is 34.8 Å². The van der Waals surface area contributed by atoms with E-state index < -0.39 is 17.5 Å². The summed E-state index contributed by atoms with van der Waals surface area (Å²) in [4.78, 5) is 35.1. The summed E-state index contributed by atoms with van der Waals surface area (Å²) in [6.07, 6.45) is 0.269. The maximum atomic E-state index is 11.8. The molecule has 0 spiro atoms. The van der Waals surface area contributed by atoms with E-state index in [-0.39, 0.29) is 18.9 Å². The van der Waals surface area contributed by atoms with E-state index in [9.17, 15) is 14.4 Å². The van der Waals surface area contributed by atoms with Crippen molar-refractivity contribution in [1.82, 2.24) is 15.2 Å². The molecule has 1 aromatic heterocycles. The van der Waals surface area contributed by atoms with Gasteiger partial charge in [0.05, 0.1) is 5.52 Å². The second kappa shape index (κ2) is 8.55. The molecule has 0 radical (unpaired) electrons. The number of ether oxygens (including phenoxy) is 1. The minimum absolute atomic E-state index is 0.142. The third kappa shape index (κ3) is 5.94. The van der Waals surface area contributed by atoms with Crippen LogP contribution in [0.4, 0.5) is 4.79 Å². The predicted octanol–water partition coefficient (Wildman–Crippen LogP) is 2.02. The Labute approximate surface area is 151 Å². The summed E-state index contributed by atoms with van der Waals surface area (Å²) in [5.41, 5.74) is 0.706. The van der Waals surface area contributed by atoms with Gasteiger partial charge >= 0.3 is 11.8 Å². The van der Waals surface area contributed by atoms with Crippen molar-refractivity contribution in [2.45, 2.75) is 45.8 Å². The van der Waals surface area contributed by atoms with Gasteiger partial charge in [0.1, 0.15) is 5.60 Å². The van der Waals surface area contributed by atoms with Gasteiger partial charge in [-0.15, -0.1) is 0 Å². The van der Waals surface area contributed by atoms with Crippen molar-refractivity contribution in [1.29, 1.82) is 0 Å². The van der Waals surface area contributed by atoms with Crippen LogP contribution in [0.3, 0.4) is 0 Å². The first kappa shape index (κ1) is 19.6. The highest BCUT2D eigenvalue weighted by molar-refractivity contribution is 5.76. The summed E-state index contributed by atoms with van der Waals surface area (Å²) in [5, 5.41) is 5.28. The first-order valence-electron chi connectivity index (χ1n) is 8.58. The van der Waals surface area contributed by atoms with Gasteiger partial charge in [-0.3, -0.25) is 9.36 Å². The van der Waals surface area contributed by atoms with Crippen LogP contribution in [0, 0.1) is 0 Å². The molecular formula is C18H25N3O5. The summed E-state index contributed by atoms with van der Waals surface area (Å²) >= 11 is 0. The maximum Gasteiger partial charge on any atom is 0.419 e. The first-order chi connectivity index (χ1) is 12.3. The van der Waals surface area contributed by atoms with Crippen LogP contribution in [0.15, 0.2) is 33.5 Å². The fourth-order valence-electron chi connectivity index (χ4n) is 2.39. The molecule has 0 aliphatic heterocycles. The average molecular weight is 363 g/mol. The van der Waals surface area contributed by atoms with Crippen LogP contribution in [0.1, 0.15) is 33.6 Å². The molecule has 0 bridgehead atoms. The molecule has 26 heavy (non-hydrogen) atoms. The molecule has 1 aromatic carbocycles. The number of rotatable bonds is 7. The number of alkyl carbamates (subject to hydrolysis) is 1. The lowest BCUT2D eigenvalue weighted by Gasteiger charge is -2.19. The number of hydrogen-bond donors (Lipinski definition) is 2. The number of aryl methyl sites for hydroxylation is 1. The molecule has 8 nitrogen and oxygen atoms in total. The highest BCUT2D eigenvalue weighted by atomic mass is 16.6. The van der Waals surface area contributed by atoms with Crippen molar-refractivity contribution in [2.24, 2.45) is 0 Å². The third-order valence-electron chi connectivity index (χ3n) is 3.47. The van der Waals surface area contributed by atoms with Gasteiger partial charge in [0.25, 0.3) is 0 Å². The smallest absolute Gasteiger partial charge is 0.419 e. The van der Waals surface area contributed by atoms with Crippen LogP contribution >= 0.6 is 0 Å². The van der Waals surface area contributed by atoms with E-state index in [1.807, 2.05) is 12.1 Å². The van der Waals surface area contributed by atoms with Crippen LogP contribution in [0.25, 0.3) is 11.1 Å². The van der Waals surface area contributed by atoms with E-state index in [0.29, 0.717) is 25.1 Å². The van der Waals surface area contributed by atoms with Gasteiger partial charge < -0.3 is 19.8 Å². The van der Waals surface area contributed by atoms with Gasteiger partial charge in [-0.1, -0.05) is 12.1 Å². The van der Waals surface area contributed by atoms with Crippen LogP contribution in [-0.2, 0) is 16.1 Å². The lowest BCUT2D eigenvalue weighted by Crippen LogP contribution is -2.37. The number of hydrogen-bond acceptors (Lipinski definition) is 5. The van der Waals surface area contributed by atoms with E-state index in [2.05, 4.69) is 10.6 Å². The predicted molar refractivity (Wildman–Crippen MR) is 97.0 cm³/mol. The van der Waals surface area contributed by atoms with Crippen LogP contribution in [0.5, 0.6) is 0 Å². The molecule has 2 rings (SSSR count). The molecule has 1 heterocycles. The molecular weight excluding hydrogens is 338 g/mol. The van der Waals surface area contributed by atoms with Gasteiger partial charge in [0.15, 0.2) is 5.58 Å². The van der Waals surface area contributed by atoms with E-state index in [4.69, 9.17) is 9.15 Å².